The van der Waals surface area contributed by atoms with Crippen LogP contribution < -0.4 is 11.5 Å². The number of anilines is 1. The van der Waals surface area contributed by atoms with Crippen LogP contribution in [0.1, 0.15) is 10.5 Å². The molecule has 0 spiro atoms. The van der Waals surface area contributed by atoms with E-state index in [0.29, 0.717) is 5.69 Å². The molecule has 0 radical (unpaired) electrons. The maximum Gasteiger partial charge on any atom is 0.354 e. The highest BCUT2D eigenvalue weighted by Gasteiger charge is 2.13. The van der Waals surface area contributed by atoms with Crippen molar-refractivity contribution in [2.75, 3.05) is 12.8 Å². The van der Waals surface area contributed by atoms with Gasteiger partial charge in [0.15, 0.2) is 0 Å². The van der Waals surface area contributed by atoms with Crippen molar-refractivity contribution >= 4 is 17.6 Å². The first-order valence-electron chi connectivity index (χ1n) is 3.87. The summed E-state index contributed by atoms with van der Waals surface area (Å²) in [6, 6.07) is 1.43. The number of esters is 1. The number of nitrogens with two attached hydrogens (primary N) is 2. The van der Waals surface area contributed by atoms with E-state index in [-0.39, 0.29) is 12.2 Å². The third kappa shape index (κ3) is 2.03. The molecule has 0 fully saturated rings. The number of ether oxygens (including phenoxy) is 1. The number of rotatable bonds is 3. The average Bonchev–Trinajstić information content (AvgIpc) is 2.44. The Morgan fingerprint density at radius 1 is 1.57 bits per heavy atom. The van der Waals surface area contributed by atoms with Crippen LogP contribution in [0.25, 0.3) is 0 Å². The lowest BCUT2D eigenvalue weighted by atomic mass is 10.4. The van der Waals surface area contributed by atoms with Gasteiger partial charge >= 0.3 is 5.97 Å². The molecule has 1 heterocycles. The predicted octanol–water partition coefficient (Wildman–Crippen LogP) is -0.658. The van der Waals surface area contributed by atoms with Gasteiger partial charge in [0.25, 0.3) is 0 Å². The number of hydrogen-bond acceptors (Lipinski definition) is 4. The molecule has 0 aliphatic heterocycles. The molecule has 6 nitrogen and oxygen atoms in total. The molecular formula is C8H11N3O3. The summed E-state index contributed by atoms with van der Waals surface area (Å²) in [5.41, 5.74) is 11.1. The minimum absolute atomic E-state index is 0.0956. The number of aromatic nitrogens is 1. The SMILES string of the molecule is COC(=O)c1cc(N)cn1CC(N)=O. The third-order valence-corrected chi connectivity index (χ3v) is 1.64. The van der Waals surface area contributed by atoms with Gasteiger partial charge in [-0.25, -0.2) is 4.79 Å². The van der Waals surface area contributed by atoms with Crippen molar-refractivity contribution in [2.24, 2.45) is 5.73 Å². The summed E-state index contributed by atoms with van der Waals surface area (Å²) < 4.78 is 5.86. The summed E-state index contributed by atoms with van der Waals surface area (Å²) in [6.45, 7) is -0.0956. The highest BCUT2D eigenvalue weighted by Crippen LogP contribution is 2.11. The Morgan fingerprint density at radius 2 is 2.21 bits per heavy atom. The zero-order valence-electron chi connectivity index (χ0n) is 7.69. The van der Waals surface area contributed by atoms with Crippen LogP contribution in [0.5, 0.6) is 0 Å². The topological polar surface area (TPSA) is 100 Å². The quantitative estimate of drug-likeness (QED) is 0.628. The largest absolute Gasteiger partial charge is 0.464 e. The Hall–Kier alpha value is -1.98. The van der Waals surface area contributed by atoms with E-state index in [1.807, 2.05) is 0 Å². The second kappa shape index (κ2) is 3.82. The van der Waals surface area contributed by atoms with Crippen molar-refractivity contribution < 1.29 is 14.3 Å². The van der Waals surface area contributed by atoms with Crippen LogP contribution in [-0.4, -0.2) is 23.6 Å². The monoisotopic (exact) mass is 197 g/mol. The lowest BCUT2D eigenvalue weighted by Gasteiger charge is -2.03. The van der Waals surface area contributed by atoms with Gasteiger partial charge in [0.05, 0.1) is 12.8 Å². The second-order valence-corrected chi connectivity index (χ2v) is 2.74. The van der Waals surface area contributed by atoms with Gasteiger partial charge in [0.2, 0.25) is 5.91 Å². The maximum atomic E-state index is 11.2. The third-order valence-electron chi connectivity index (χ3n) is 1.64. The van der Waals surface area contributed by atoms with Gasteiger partial charge in [-0.2, -0.15) is 0 Å². The smallest absolute Gasteiger partial charge is 0.354 e. The van der Waals surface area contributed by atoms with Crippen molar-refractivity contribution in [3.63, 3.8) is 0 Å². The van der Waals surface area contributed by atoms with E-state index in [9.17, 15) is 9.59 Å². The molecular weight excluding hydrogens is 186 g/mol. The van der Waals surface area contributed by atoms with Gasteiger partial charge in [-0.15, -0.1) is 0 Å². The number of nitrogen functional groups attached to an aromatic ring is 1. The van der Waals surface area contributed by atoms with Crippen molar-refractivity contribution in [1.82, 2.24) is 4.57 Å². The molecule has 4 N–H and O–H groups in total. The molecule has 1 aromatic rings. The molecule has 6 heteroatoms. The Morgan fingerprint density at radius 3 is 2.71 bits per heavy atom. The van der Waals surface area contributed by atoms with Crippen LogP contribution in [0.2, 0.25) is 0 Å². The maximum absolute atomic E-state index is 11.2. The van der Waals surface area contributed by atoms with Crippen molar-refractivity contribution in [1.29, 1.82) is 0 Å². The van der Waals surface area contributed by atoms with E-state index in [2.05, 4.69) is 4.74 Å². The summed E-state index contributed by atoms with van der Waals surface area (Å²) in [5.74, 6) is -1.10. The molecule has 76 valence electrons. The van der Waals surface area contributed by atoms with Crippen LogP contribution >= 0.6 is 0 Å². The summed E-state index contributed by atoms with van der Waals surface area (Å²) in [4.78, 5) is 21.8. The lowest BCUT2D eigenvalue weighted by molar-refractivity contribution is -0.118. The van der Waals surface area contributed by atoms with E-state index in [4.69, 9.17) is 11.5 Å². The van der Waals surface area contributed by atoms with Crippen molar-refractivity contribution in [3.05, 3.63) is 18.0 Å². The Bertz CT molecular complexity index is 370. The van der Waals surface area contributed by atoms with E-state index < -0.39 is 11.9 Å². The number of carbonyl (C=O) groups is 2. The molecule has 0 atom stereocenters. The molecule has 0 aromatic carbocycles. The minimum Gasteiger partial charge on any atom is -0.464 e. The number of methoxy groups -OCH3 is 1. The Labute approximate surface area is 80.4 Å². The zero-order valence-corrected chi connectivity index (χ0v) is 7.69. The zero-order chi connectivity index (χ0) is 10.7. The van der Waals surface area contributed by atoms with Crippen LogP contribution in [0.4, 0.5) is 5.69 Å². The molecule has 0 bridgehead atoms. The van der Waals surface area contributed by atoms with Gasteiger partial charge in [-0.1, -0.05) is 0 Å². The van der Waals surface area contributed by atoms with Gasteiger partial charge in [0.1, 0.15) is 12.2 Å². The second-order valence-electron chi connectivity index (χ2n) is 2.74. The van der Waals surface area contributed by atoms with Gasteiger partial charge < -0.3 is 20.8 Å². The van der Waals surface area contributed by atoms with Crippen LogP contribution in [-0.2, 0) is 16.1 Å². The number of nitrogens with zero attached hydrogens (tertiary/aromatic N) is 1. The van der Waals surface area contributed by atoms with Gasteiger partial charge in [-0.05, 0) is 6.07 Å². The van der Waals surface area contributed by atoms with Crippen molar-refractivity contribution in [3.8, 4) is 0 Å². The van der Waals surface area contributed by atoms with E-state index in [1.54, 1.807) is 0 Å². The highest BCUT2D eigenvalue weighted by molar-refractivity contribution is 5.89. The number of hydrogen-bond donors (Lipinski definition) is 2. The Kier molecular flexibility index (Phi) is 2.76. The lowest BCUT2D eigenvalue weighted by Crippen LogP contribution is -2.21. The van der Waals surface area contributed by atoms with Crippen LogP contribution in [0.15, 0.2) is 12.3 Å². The van der Waals surface area contributed by atoms with Crippen molar-refractivity contribution in [2.45, 2.75) is 6.54 Å². The summed E-state index contributed by atoms with van der Waals surface area (Å²) >= 11 is 0. The van der Waals surface area contributed by atoms with E-state index in [0.717, 1.165) is 0 Å². The fourth-order valence-corrected chi connectivity index (χ4v) is 1.11. The van der Waals surface area contributed by atoms with Gasteiger partial charge in [0, 0.05) is 6.20 Å². The van der Waals surface area contributed by atoms with Crippen LogP contribution in [0.3, 0.4) is 0 Å². The van der Waals surface area contributed by atoms with E-state index >= 15 is 0 Å². The summed E-state index contributed by atoms with van der Waals surface area (Å²) in [7, 11) is 1.25. The Balaban J connectivity index is 3.02. The number of amides is 1. The molecule has 0 saturated heterocycles. The first kappa shape index (κ1) is 10.1. The van der Waals surface area contributed by atoms with Gasteiger partial charge in [-0.3, -0.25) is 4.79 Å². The predicted molar refractivity (Wildman–Crippen MR) is 49.4 cm³/mol. The first-order chi connectivity index (χ1) is 6.54. The molecule has 1 aromatic heterocycles. The fraction of sp³-hybridized carbons (Fsp3) is 0.250. The molecule has 0 unspecified atom stereocenters. The molecule has 1 amide bonds. The number of primary amides is 1. The number of carbonyl (C=O) groups excluding carboxylic acids is 2. The summed E-state index contributed by atoms with van der Waals surface area (Å²) in [6.07, 6.45) is 1.46. The first-order valence-corrected chi connectivity index (χ1v) is 3.87. The average molecular weight is 197 g/mol. The highest BCUT2D eigenvalue weighted by atomic mass is 16.5. The molecule has 1 rings (SSSR count). The summed E-state index contributed by atoms with van der Waals surface area (Å²) in [5, 5.41) is 0. The molecule has 0 aliphatic rings. The van der Waals surface area contributed by atoms with Crippen LogP contribution in [0, 0.1) is 0 Å². The minimum atomic E-state index is -0.553. The molecule has 14 heavy (non-hydrogen) atoms. The van der Waals surface area contributed by atoms with E-state index in [1.165, 1.54) is 23.9 Å². The normalized spacial score (nSPS) is 9.79. The molecule has 0 aliphatic carbocycles. The fourth-order valence-electron chi connectivity index (χ4n) is 1.11. The molecule has 0 saturated carbocycles. The standard InChI is InChI=1S/C8H11N3O3/c1-14-8(13)6-2-5(9)3-11(6)4-7(10)12/h2-3H,4,9H2,1H3,(H2,10,12).